The van der Waals surface area contributed by atoms with Crippen LogP contribution in [0.2, 0.25) is 0 Å². The molecule has 1 unspecified atom stereocenters. The van der Waals surface area contributed by atoms with E-state index in [2.05, 4.69) is 24.3 Å². The average Bonchev–Trinajstić information content (AvgIpc) is 2.38. The van der Waals surface area contributed by atoms with E-state index in [-0.39, 0.29) is 17.7 Å². The van der Waals surface area contributed by atoms with Crippen molar-refractivity contribution in [1.29, 1.82) is 0 Å². The number of amidine groups is 1. The van der Waals surface area contributed by atoms with Gasteiger partial charge in [0.15, 0.2) is 5.84 Å². The summed E-state index contributed by atoms with van der Waals surface area (Å²) >= 11 is 0. The zero-order valence-electron chi connectivity index (χ0n) is 12.4. The molecule has 5 nitrogen and oxygen atoms in total. The van der Waals surface area contributed by atoms with Crippen molar-refractivity contribution in [1.82, 2.24) is 0 Å². The van der Waals surface area contributed by atoms with Crippen LogP contribution in [-0.2, 0) is 4.79 Å². The van der Waals surface area contributed by atoms with Gasteiger partial charge in [0.05, 0.1) is 0 Å². The Hall–Kier alpha value is -2.04. The van der Waals surface area contributed by atoms with Gasteiger partial charge in [-0.3, -0.25) is 4.79 Å². The lowest BCUT2D eigenvalue weighted by Crippen LogP contribution is -2.38. The number of anilines is 1. The van der Waals surface area contributed by atoms with Crippen molar-refractivity contribution in [2.75, 3.05) is 5.32 Å². The number of carbonyl (C=O) groups excluding carboxylic acids is 1. The fourth-order valence-corrected chi connectivity index (χ4v) is 2.01. The lowest BCUT2D eigenvalue weighted by atomic mass is 9.93. The van der Waals surface area contributed by atoms with Gasteiger partial charge in [-0.25, -0.2) is 0 Å². The molecule has 0 spiro atoms. The van der Waals surface area contributed by atoms with E-state index in [9.17, 15) is 4.79 Å². The zero-order chi connectivity index (χ0) is 15.3. The Kier molecular flexibility index (Phi) is 5.55. The van der Waals surface area contributed by atoms with E-state index < -0.39 is 5.92 Å². The number of rotatable bonds is 5. The Morgan fingerprint density at radius 1 is 1.20 bits per heavy atom. The second-order valence-electron chi connectivity index (χ2n) is 5.51. The van der Waals surface area contributed by atoms with E-state index >= 15 is 0 Å². The molecule has 0 aliphatic carbocycles. The molecule has 5 heteroatoms. The topological polar surface area (TPSA) is 87.7 Å². The number of hydrogen-bond acceptors (Lipinski definition) is 3. The molecule has 0 aliphatic rings. The SMILES string of the molecule is CC(C)c1ccc(NC(=O)C(C(N)=NO)C(C)C)cc1. The van der Waals surface area contributed by atoms with E-state index in [1.807, 2.05) is 38.1 Å². The van der Waals surface area contributed by atoms with Crippen molar-refractivity contribution in [3.8, 4) is 0 Å². The molecule has 0 fully saturated rings. The maximum Gasteiger partial charge on any atom is 0.235 e. The molecule has 1 atom stereocenters. The van der Waals surface area contributed by atoms with Crippen LogP contribution in [0.5, 0.6) is 0 Å². The Bertz CT molecular complexity index is 478. The summed E-state index contributed by atoms with van der Waals surface area (Å²) in [5.74, 6) is -0.602. The van der Waals surface area contributed by atoms with Crippen molar-refractivity contribution in [3.05, 3.63) is 29.8 Å². The van der Waals surface area contributed by atoms with E-state index in [4.69, 9.17) is 10.9 Å². The van der Waals surface area contributed by atoms with Crippen molar-refractivity contribution in [2.24, 2.45) is 22.7 Å². The van der Waals surface area contributed by atoms with Gasteiger partial charge >= 0.3 is 0 Å². The summed E-state index contributed by atoms with van der Waals surface area (Å²) in [6.45, 7) is 7.93. The van der Waals surface area contributed by atoms with Crippen LogP contribution in [0.3, 0.4) is 0 Å². The van der Waals surface area contributed by atoms with Gasteiger partial charge < -0.3 is 16.3 Å². The van der Waals surface area contributed by atoms with Gasteiger partial charge in [0.2, 0.25) is 5.91 Å². The highest BCUT2D eigenvalue weighted by Gasteiger charge is 2.26. The van der Waals surface area contributed by atoms with Crippen LogP contribution >= 0.6 is 0 Å². The molecule has 0 bridgehead atoms. The molecule has 0 radical (unpaired) electrons. The number of nitrogens with zero attached hydrogens (tertiary/aromatic N) is 1. The average molecular weight is 277 g/mol. The third kappa shape index (κ3) is 3.98. The number of oxime groups is 1. The van der Waals surface area contributed by atoms with E-state index in [1.165, 1.54) is 5.56 Å². The minimum absolute atomic E-state index is 0.0548. The number of benzene rings is 1. The van der Waals surface area contributed by atoms with Crippen molar-refractivity contribution in [3.63, 3.8) is 0 Å². The molecule has 0 aromatic heterocycles. The minimum Gasteiger partial charge on any atom is -0.409 e. The zero-order valence-corrected chi connectivity index (χ0v) is 12.4. The van der Waals surface area contributed by atoms with Gasteiger partial charge in [0.25, 0.3) is 0 Å². The van der Waals surface area contributed by atoms with Crippen molar-refractivity contribution < 1.29 is 10.0 Å². The van der Waals surface area contributed by atoms with Crippen LogP contribution < -0.4 is 11.1 Å². The standard InChI is InChI=1S/C15H23N3O2/c1-9(2)11-5-7-12(8-6-11)17-15(19)13(10(3)4)14(16)18-20/h5-10,13,20H,1-4H3,(H2,16,18)(H,17,19). The van der Waals surface area contributed by atoms with Crippen LogP contribution in [-0.4, -0.2) is 17.0 Å². The third-order valence-electron chi connectivity index (χ3n) is 3.23. The molecular formula is C15H23N3O2. The third-order valence-corrected chi connectivity index (χ3v) is 3.23. The fourth-order valence-electron chi connectivity index (χ4n) is 2.01. The van der Waals surface area contributed by atoms with E-state index in [0.29, 0.717) is 11.6 Å². The number of nitrogens with one attached hydrogen (secondary N) is 1. The quantitative estimate of drug-likeness (QED) is 0.335. The first-order valence-electron chi connectivity index (χ1n) is 6.75. The second-order valence-corrected chi connectivity index (χ2v) is 5.51. The summed E-state index contributed by atoms with van der Waals surface area (Å²) in [4.78, 5) is 12.2. The predicted octanol–water partition coefficient (Wildman–Crippen LogP) is 2.77. The van der Waals surface area contributed by atoms with Crippen LogP contribution in [0, 0.1) is 11.8 Å². The molecule has 0 aliphatic heterocycles. The van der Waals surface area contributed by atoms with Gasteiger partial charge in [-0.1, -0.05) is 45.0 Å². The normalized spacial score (nSPS) is 13.6. The predicted molar refractivity (Wildman–Crippen MR) is 80.9 cm³/mol. The summed E-state index contributed by atoms with van der Waals surface area (Å²) in [5, 5.41) is 14.5. The van der Waals surface area contributed by atoms with Gasteiger partial charge in [0.1, 0.15) is 5.92 Å². The van der Waals surface area contributed by atoms with Crippen molar-refractivity contribution in [2.45, 2.75) is 33.6 Å². The maximum atomic E-state index is 12.2. The molecule has 1 amide bonds. The monoisotopic (exact) mass is 277 g/mol. The smallest absolute Gasteiger partial charge is 0.235 e. The molecular weight excluding hydrogens is 254 g/mol. The lowest BCUT2D eigenvalue weighted by molar-refractivity contribution is -0.119. The Morgan fingerprint density at radius 3 is 2.15 bits per heavy atom. The molecule has 1 aromatic carbocycles. The maximum absolute atomic E-state index is 12.2. The van der Waals surface area contributed by atoms with Crippen molar-refractivity contribution >= 4 is 17.4 Å². The summed E-state index contributed by atoms with van der Waals surface area (Å²) in [6.07, 6.45) is 0. The van der Waals surface area contributed by atoms with Gasteiger partial charge in [-0.15, -0.1) is 0 Å². The van der Waals surface area contributed by atoms with Gasteiger partial charge in [-0.2, -0.15) is 0 Å². The summed E-state index contributed by atoms with van der Waals surface area (Å²) < 4.78 is 0. The summed E-state index contributed by atoms with van der Waals surface area (Å²) in [5.41, 5.74) is 7.49. The van der Waals surface area contributed by atoms with Crippen LogP contribution in [0.4, 0.5) is 5.69 Å². The molecule has 20 heavy (non-hydrogen) atoms. The van der Waals surface area contributed by atoms with Gasteiger partial charge in [-0.05, 0) is 29.5 Å². The van der Waals surface area contributed by atoms with E-state index in [1.54, 1.807) is 0 Å². The Labute approximate surface area is 119 Å². The highest BCUT2D eigenvalue weighted by molar-refractivity contribution is 6.07. The number of hydrogen-bond donors (Lipinski definition) is 3. The molecule has 0 saturated carbocycles. The van der Waals surface area contributed by atoms with E-state index in [0.717, 1.165) is 0 Å². The number of amides is 1. The molecule has 0 saturated heterocycles. The lowest BCUT2D eigenvalue weighted by Gasteiger charge is -2.19. The second kappa shape index (κ2) is 6.93. The number of carbonyl (C=O) groups is 1. The van der Waals surface area contributed by atoms with Gasteiger partial charge in [0, 0.05) is 5.69 Å². The van der Waals surface area contributed by atoms with Crippen LogP contribution in [0.25, 0.3) is 0 Å². The first-order valence-corrected chi connectivity index (χ1v) is 6.75. The summed E-state index contributed by atoms with van der Waals surface area (Å²) in [6, 6.07) is 7.68. The van der Waals surface area contributed by atoms with Crippen LogP contribution in [0.15, 0.2) is 29.4 Å². The molecule has 0 heterocycles. The first kappa shape index (κ1) is 16.0. The first-order chi connectivity index (χ1) is 9.36. The molecule has 1 aromatic rings. The van der Waals surface area contributed by atoms with Crippen LogP contribution in [0.1, 0.15) is 39.2 Å². The Balaban J connectivity index is 2.83. The highest BCUT2D eigenvalue weighted by Crippen LogP contribution is 2.19. The molecule has 4 N–H and O–H groups in total. The molecule has 1 rings (SSSR count). The minimum atomic E-state index is -0.648. The Morgan fingerprint density at radius 2 is 1.75 bits per heavy atom. The number of nitrogens with two attached hydrogens (primary N) is 1. The molecule has 110 valence electrons. The highest BCUT2D eigenvalue weighted by atomic mass is 16.4. The summed E-state index contributed by atoms with van der Waals surface area (Å²) in [7, 11) is 0. The fraction of sp³-hybridized carbons (Fsp3) is 0.467. The largest absolute Gasteiger partial charge is 0.409 e.